The van der Waals surface area contributed by atoms with E-state index in [1.54, 1.807) is 0 Å². The third-order valence-electron chi connectivity index (χ3n) is 3.80. The monoisotopic (exact) mass is 314 g/mol. The fourth-order valence-corrected chi connectivity index (χ4v) is 4.10. The van der Waals surface area contributed by atoms with Crippen LogP contribution in [0.2, 0.25) is 0 Å². The van der Waals surface area contributed by atoms with E-state index in [4.69, 9.17) is 0 Å². The highest BCUT2D eigenvalue weighted by Gasteiger charge is 2.27. The Labute approximate surface area is 125 Å². The van der Waals surface area contributed by atoms with E-state index in [2.05, 4.69) is 5.32 Å². The maximum absolute atomic E-state index is 13.1. The predicted molar refractivity (Wildman–Crippen MR) is 81.4 cm³/mol. The molecule has 1 fully saturated rings. The van der Waals surface area contributed by atoms with Crippen LogP contribution in [-0.4, -0.2) is 26.2 Å². The third kappa shape index (κ3) is 4.00. The fourth-order valence-electron chi connectivity index (χ4n) is 2.75. The molecule has 0 saturated heterocycles. The van der Waals surface area contributed by atoms with Crippen molar-refractivity contribution in [1.29, 1.82) is 0 Å². The van der Waals surface area contributed by atoms with Gasteiger partial charge in [0, 0.05) is 27.8 Å². The molecule has 0 bridgehead atoms. The van der Waals surface area contributed by atoms with Gasteiger partial charge < -0.3 is 5.32 Å². The first kappa shape index (κ1) is 15.9. The molecule has 0 amide bonds. The Balaban J connectivity index is 2.11. The molecule has 2 rings (SSSR count). The Morgan fingerprint density at radius 2 is 2.24 bits per heavy atom. The smallest absolute Gasteiger partial charge is 0.295 e. The molecule has 0 aliphatic heterocycles. The van der Waals surface area contributed by atoms with Gasteiger partial charge in [-0.15, -0.1) is 0 Å². The van der Waals surface area contributed by atoms with E-state index in [0.29, 0.717) is 11.4 Å². The Morgan fingerprint density at radius 1 is 1.48 bits per heavy atom. The second-order valence-electron chi connectivity index (χ2n) is 5.22. The Kier molecular flexibility index (Phi) is 5.27. The lowest BCUT2D eigenvalue weighted by Crippen LogP contribution is -2.33. The molecule has 3 unspecified atom stereocenters. The zero-order valence-corrected chi connectivity index (χ0v) is 12.7. The van der Waals surface area contributed by atoms with Crippen molar-refractivity contribution >= 4 is 22.2 Å². The summed E-state index contributed by atoms with van der Waals surface area (Å²) in [5.74, 6) is 0.00881. The average molecular weight is 314 g/mol. The van der Waals surface area contributed by atoms with Crippen molar-refractivity contribution in [2.24, 2.45) is 0 Å². The highest BCUT2D eigenvalue weighted by Crippen LogP contribution is 2.30. The van der Waals surface area contributed by atoms with Crippen molar-refractivity contribution in [3.63, 3.8) is 0 Å². The maximum atomic E-state index is 13.1. The van der Waals surface area contributed by atoms with Gasteiger partial charge in [-0.05, 0) is 31.4 Å². The topological polar surface area (TPSA) is 72.2 Å². The van der Waals surface area contributed by atoms with Crippen molar-refractivity contribution in [1.82, 2.24) is 0 Å². The van der Waals surface area contributed by atoms with Gasteiger partial charge in [-0.1, -0.05) is 13.3 Å². The van der Waals surface area contributed by atoms with Crippen LogP contribution in [-0.2, 0) is 10.8 Å². The van der Waals surface area contributed by atoms with Crippen LogP contribution in [0, 0.1) is 15.9 Å². The van der Waals surface area contributed by atoms with E-state index >= 15 is 0 Å². The summed E-state index contributed by atoms with van der Waals surface area (Å²) in [6.45, 7) is 1.90. The lowest BCUT2D eigenvalue weighted by atomic mass is 9.94. The van der Waals surface area contributed by atoms with Crippen molar-refractivity contribution in [2.75, 3.05) is 11.1 Å². The molecule has 0 heterocycles. The number of anilines is 1. The lowest BCUT2D eigenvalue weighted by Gasteiger charge is -2.29. The molecule has 1 aliphatic carbocycles. The first-order chi connectivity index (χ1) is 10.0. The van der Waals surface area contributed by atoms with E-state index < -0.39 is 21.5 Å². The van der Waals surface area contributed by atoms with Gasteiger partial charge in [-0.25, -0.2) is 4.39 Å². The molecular formula is C14H19FN2O3S. The van der Waals surface area contributed by atoms with Crippen molar-refractivity contribution in [3.05, 3.63) is 34.1 Å². The summed E-state index contributed by atoms with van der Waals surface area (Å²) in [4.78, 5) is 10.4. The van der Waals surface area contributed by atoms with E-state index in [9.17, 15) is 18.7 Å². The predicted octanol–water partition coefficient (Wildman–Crippen LogP) is 3.23. The number of nitrogens with zero attached hydrogens (tertiary/aromatic N) is 1. The third-order valence-corrected chi connectivity index (χ3v) is 5.54. The summed E-state index contributed by atoms with van der Waals surface area (Å²) in [6.07, 6.45) is 3.49. The van der Waals surface area contributed by atoms with Crippen molar-refractivity contribution in [2.45, 2.75) is 43.9 Å². The van der Waals surface area contributed by atoms with E-state index in [-0.39, 0.29) is 17.0 Å². The Hall–Kier alpha value is -1.50. The van der Waals surface area contributed by atoms with E-state index in [1.807, 2.05) is 6.92 Å². The lowest BCUT2D eigenvalue weighted by molar-refractivity contribution is -0.384. The van der Waals surface area contributed by atoms with Crippen LogP contribution < -0.4 is 5.32 Å². The van der Waals surface area contributed by atoms with Crippen molar-refractivity contribution in [3.8, 4) is 0 Å². The van der Waals surface area contributed by atoms with Gasteiger partial charge in [0.2, 0.25) is 0 Å². The molecule has 0 aromatic heterocycles. The van der Waals surface area contributed by atoms with Crippen LogP contribution in [0.15, 0.2) is 18.2 Å². The summed E-state index contributed by atoms with van der Waals surface area (Å²) >= 11 is 0. The van der Waals surface area contributed by atoms with Crippen molar-refractivity contribution < 1.29 is 13.5 Å². The molecule has 0 radical (unpaired) electrons. The van der Waals surface area contributed by atoms with Gasteiger partial charge in [0.1, 0.15) is 11.5 Å². The largest absolute Gasteiger partial charge is 0.377 e. The van der Waals surface area contributed by atoms with Gasteiger partial charge in [0.05, 0.1) is 11.0 Å². The molecule has 1 aromatic carbocycles. The number of benzene rings is 1. The number of halogens is 1. The molecular weight excluding hydrogens is 295 g/mol. The maximum Gasteiger partial charge on any atom is 0.295 e. The Morgan fingerprint density at radius 3 is 2.90 bits per heavy atom. The van der Waals surface area contributed by atoms with Gasteiger partial charge in [-0.2, -0.15) is 0 Å². The summed E-state index contributed by atoms with van der Waals surface area (Å²) in [6, 6.07) is 3.57. The van der Waals surface area contributed by atoms with Crippen LogP contribution in [0.4, 0.5) is 15.8 Å². The van der Waals surface area contributed by atoms with E-state index in [1.165, 1.54) is 12.1 Å². The van der Waals surface area contributed by atoms with Gasteiger partial charge in [-0.3, -0.25) is 14.3 Å². The van der Waals surface area contributed by atoms with Gasteiger partial charge in [0.15, 0.2) is 0 Å². The summed E-state index contributed by atoms with van der Waals surface area (Å²) < 4.78 is 25.0. The highest BCUT2D eigenvalue weighted by molar-refractivity contribution is 7.85. The van der Waals surface area contributed by atoms with Gasteiger partial charge in [0.25, 0.3) is 5.69 Å². The summed E-state index contributed by atoms with van der Waals surface area (Å²) in [7, 11) is -0.844. The molecule has 1 aromatic rings. The zero-order chi connectivity index (χ0) is 15.4. The molecule has 116 valence electrons. The number of hydrogen-bond acceptors (Lipinski definition) is 4. The summed E-state index contributed by atoms with van der Waals surface area (Å²) in [5, 5.41) is 14.2. The first-order valence-electron chi connectivity index (χ1n) is 7.09. The zero-order valence-electron chi connectivity index (χ0n) is 11.9. The number of rotatable bonds is 5. The quantitative estimate of drug-likeness (QED) is 0.669. The van der Waals surface area contributed by atoms with Gasteiger partial charge >= 0.3 is 0 Å². The highest BCUT2D eigenvalue weighted by atomic mass is 32.2. The summed E-state index contributed by atoms with van der Waals surface area (Å²) in [5.41, 5.74) is 0.0723. The Bertz CT molecular complexity index is 553. The molecule has 0 spiro atoms. The molecule has 5 nitrogen and oxygen atoms in total. The standard InChI is InChI=1S/C14H19FN2O3S/c1-2-21(20)12-5-3-4-11(9-12)16-13-7-6-10(15)8-14(13)17(18)19/h6-8,11-12,16H,2-5,9H2,1H3. The molecule has 1 N–H and O–H groups in total. The number of nitro groups is 1. The second-order valence-corrected chi connectivity index (χ2v) is 7.22. The first-order valence-corrected chi connectivity index (χ1v) is 8.47. The minimum atomic E-state index is -0.844. The molecule has 1 aliphatic rings. The minimum Gasteiger partial charge on any atom is -0.377 e. The van der Waals surface area contributed by atoms with E-state index in [0.717, 1.165) is 31.7 Å². The van der Waals surface area contributed by atoms with Crippen LogP contribution in [0.1, 0.15) is 32.6 Å². The van der Waals surface area contributed by atoms with Crippen LogP contribution in [0.5, 0.6) is 0 Å². The second kappa shape index (κ2) is 6.98. The average Bonchev–Trinajstić information content (AvgIpc) is 2.48. The SMILES string of the molecule is CCS(=O)C1CCCC(Nc2ccc(F)cc2[N+](=O)[O-])C1. The number of hydrogen-bond donors (Lipinski definition) is 1. The fraction of sp³-hybridized carbons (Fsp3) is 0.571. The van der Waals surface area contributed by atoms with Crippen LogP contribution >= 0.6 is 0 Å². The molecule has 21 heavy (non-hydrogen) atoms. The van der Waals surface area contributed by atoms with Crippen LogP contribution in [0.3, 0.4) is 0 Å². The number of nitrogens with one attached hydrogen (secondary N) is 1. The normalized spacial score (nSPS) is 23.5. The molecule has 3 atom stereocenters. The number of nitro benzene ring substituents is 1. The molecule has 7 heteroatoms. The molecule has 1 saturated carbocycles. The van der Waals surface area contributed by atoms with Crippen LogP contribution in [0.25, 0.3) is 0 Å². The minimum absolute atomic E-state index is 0.0448.